The molecule has 1 saturated carbocycles. The molecule has 1 aliphatic carbocycles. The van der Waals surface area contributed by atoms with Crippen LogP contribution in [0.25, 0.3) is 0 Å². The normalized spacial score (nSPS) is 15.2. The molecule has 0 aliphatic heterocycles. The topological polar surface area (TPSA) is 65.5 Å². The first-order valence-corrected chi connectivity index (χ1v) is 8.52. The molecule has 5 nitrogen and oxygen atoms in total. The summed E-state index contributed by atoms with van der Waals surface area (Å²) in [4.78, 5) is 15.9. The van der Waals surface area contributed by atoms with Gasteiger partial charge in [-0.3, -0.25) is 4.79 Å². The largest absolute Gasteiger partial charge is 0.357 e. The molecule has 0 radical (unpaired) electrons. The van der Waals surface area contributed by atoms with Gasteiger partial charge in [0.1, 0.15) is 6.54 Å². The van der Waals surface area contributed by atoms with Crippen molar-refractivity contribution in [2.45, 2.75) is 32.1 Å². The number of carbonyl (C=O) groups excluding carboxylic acids is 1. The minimum atomic E-state index is -0.0688. The summed E-state index contributed by atoms with van der Waals surface area (Å²) in [5.74, 6) is 0.604. The lowest BCUT2D eigenvalue weighted by atomic mass is 9.96. The van der Waals surface area contributed by atoms with Gasteiger partial charge in [0.2, 0.25) is 5.91 Å². The Bertz CT molecular complexity index is 575. The van der Waals surface area contributed by atoms with E-state index < -0.39 is 0 Å². The highest BCUT2D eigenvalue weighted by Gasteiger charge is 2.44. The number of carbonyl (C=O) groups is 1. The van der Waals surface area contributed by atoms with Gasteiger partial charge in [-0.2, -0.15) is 0 Å². The molecule has 1 aromatic rings. The zero-order valence-corrected chi connectivity index (χ0v) is 17.3. The zero-order valence-electron chi connectivity index (χ0n) is 14.2. The van der Waals surface area contributed by atoms with Crippen LogP contribution < -0.4 is 16.0 Å². The number of amides is 1. The molecule has 1 aromatic carbocycles. The summed E-state index contributed by atoms with van der Waals surface area (Å²) < 4.78 is 0. The number of aliphatic imine (C=N–C) groups is 1. The molecule has 24 heavy (non-hydrogen) atoms. The SMILES string of the molecule is CCNC(=O)CN=C(NCC)NCC1(c2cccc(Cl)c2)CC1.I. The van der Waals surface area contributed by atoms with Crippen molar-refractivity contribution < 1.29 is 4.79 Å². The standard InChI is InChI=1S/C17H25ClN4O.HI/c1-3-19-15(23)11-21-16(20-4-2)22-12-17(8-9-17)13-6-5-7-14(18)10-13;/h5-7,10H,3-4,8-9,11-12H2,1-2H3,(H,19,23)(H2,20,21,22);1H. The number of rotatable bonds is 7. The van der Waals surface area contributed by atoms with Gasteiger partial charge in [-0.15, -0.1) is 24.0 Å². The molecule has 1 amide bonds. The van der Waals surface area contributed by atoms with Crippen LogP contribution in [0.3, 0.4) is 0 Å². The predicted octanol–water partition coefficient (Wildman–Crippen LogP) is 2.68. The third kappa shape index (κ3) is 6.12. The highest BCUT2D eigenvalue weighted by molar-refractivity contribution is 14.0. The fourth-order valence-corrected chi connectivity index (χ4v) is 2.73. The van der Waals surface area contributed by atoms with Crippen LogP contribution in [0, 0.1) is 0 Å². The predicted molar refractivity (Wildman–Crippen MR) is 110 cm³/mol. The molecule has 0 unspecified atom stereocenters. The Kier molecular flexibility index (Phi) is 8.83. The van der Waals surface area contributed by atoms with E-state index in [2.05, 4.69) is 27.0 Å². The molecule has 0 saturated heterocycles. The number of likely N-dealkylation sites (N-methyl/N-ethyl adjacent to an activating group) is 1. The third-order valence-corrected chi connectivity index (χ3v) is 4.22. The number of halogens is 2. The van der Waals surface area contributed by atoms with E-state index in [-0.39, 0.29) is 41.8 Å². The van der Waals surface area contributed by atoms with Gasteiger partial charge in [0.15, 0.2) is 5.96 Å². The van der Waals surface area contributed by atoms with Crippen LogP contribution in [0.15, 0.2) is 29.3 Å². The van der Waals surface area contributed by atoms with Gasteiger partial charge in [0.05, 0.1) is 0 Å². The average molecular weight is 465 g/mol. The van der Waals surface area contributed by atoms with Crippen LogP contribution in [0.5, 0.6) is 0 Å². The smallest absolute Gasteiger partial charge is 0.241 e. The van der Waals surface area contributed by atoms with Gasteiger partial charge >= 0.3 is 0 Å². The molecule has 0 heterocycles. The van der Waals surface area contributed by atoms with E-state index in [0.29, 0.717) is 12.5 Å². The summed E-state index contributed by atoms with van der Waals surface area (Å²) in [7, 11) is 0. The summed E-state index contributed by atoms with van der Waals surface area (Å²) >= 11 is 6.10. The first-order valence-electron chi connectivity index (χ1n) is 8.14. The van der Waals surface area contributed by atoms with Crippen LogP contribution in [0.4, 0.5) is 0 Å². The zero-order chi connectivity index (χ0) is 16.7. The molecule has 0 bridgehead atoms. The summed E-state index contributed by atoms with van der Waals surface area (Å²) in [5.41, 5.74) is 1.39. The van der Waals surface area contributed by atoms with Crippen LogP contribution >= 0.6 is 35.6 Å². The molecule has 7 heteroatoms. The van der Waals surface area contributed by atoms with Crippen molar-refractivity contribution in [3.8, 4) is 0 Å². The summed E-state index contributed by atoms with van der Waals surface area (Å²) in [6.07, 6.45) is 2.27. The minimum Gasteiger partial charge on any atom is -0.357 e. The van der Waals surface area contributed by atoms with E-state index in [1.807, 2.05) is 32.0 Å². The molecule has 1 aliphatic rings. The fourth-order valence-electron chi connectivity index (χ4n) is 2.54. The van der Waals surface area contributed by atoms with E-state index in [1.165, 1.54) is 5.56 Å². The summed E-state index contributed by atoms with van der Waals surface area (Å²) in [6, 6.07) is 8.05. The molecule has 134 valence electrons. The second-order valence-electron chi connectivity index (χ2n) is 5.79. The summed E-state index contributed by atoms with van der Waals surface area (Å²) in [5, 5.41) is 10.0. The van der Waals surface area contributed by atoms with Crippen molar-refractivity contribution in [2.24, 2.45) is 4.99 Å². The van der Waals surface area contributed by atoms with Crippen molar-refractivity contribution in [1.82, 2.24) is 16.0 Å². The minimum absolute atomic E-state index is 0. The molecular formula is C17H26ClIN4O. The maximum absolute atomic E-state index is 11.5. The lowest BCUT2D eigenvalue weighted by Crippen LogP contribution is -2.42. The van der Waals surface area contributed by atoms with E-state index >= 15 is 0 Å². The lowest BCUT2D eigenvalue weighted by molar-refractivity contribution is -0.119. The summed E-state index contributed by atoms with van der Waals surface area (Å²) in [6.45, 7) is 6.20. The van der Waals surface area contributed by atoms with E-state index in [0.717, 1.165) is 31.0 Å². The van der Waals surface area contributed by atoms with E-state index in [1.54, 1.807) is 0 Å². The maximum atomic E-state index is 11.5. The van der Waals surface area contributed by atoms with Crippen LogP contribution in [0.2, 0.25) is 5.02 Å². The Morgan fingerprint density at radius 3 is 2.50 bits per heavy atom. The Balaban J connectivity index is 0.00000288. The van der Waals surface area contributed by atoms with Gasteiger partial charge in [0, 0.05) is 30.1 Å². The van der Waals surface area contributed by atoms with Crippen molar-refractivity contribution in [1.29, 1.82) is 0 Å². The highest BCUT2D eigenvalue weighted by Crippen LogP contribution is 2.48. The van der Waals surface area contributed by atoms with Crippen molar-refractivity contribution in [2.75, 3.05) is 26.2 Å². The molecule has 0 aromatic heterocycles. The Hall–Kier alpha value is -1.02. The molecule has 0 spiro atoms. The van der Waals surface area contributed by atoms with Gasteiger partial charge in [-0.05, 0) is 44.4 Å². The first-order chi connectivity index (χ1) is 11.1. The van der Waals surface area contributed by atoms with Crippen molar-refractivity contribution >= 4 is 47.4 Å². The quantitative estimate of drug-likeness (QED) is 0.330. The number of hydrogen-bond acceptors (Lipinski definition) is 2. The molecule has 1 fully saturated rings. The Labute approximate surface area is 166 Å². The van der Waals surface area contributed by atoms with Gasteiger partial charge in [0.25, 0.3) is 0 Å². The Morgan fingerprint density at radius 2 is 1.92 bits per heavy atom. The van der Waals surface area contributed by atoms with Crippen molar-refractivity contribution in [3.63, 3.8) is 0 Å². The first kappa shape index (κ1) is 21.0. The molecule has 0 atom stereocenters. The van der Waals surface area contributed by atoms with Gasteiger partial charge < -0.3 is 16.0 Å². The van der Waals surface area contributed by atoms with Crippen LogP contribution in [0.1, 0.15) is 32.3 Å². The van der Waals surface area contributed by atoms with Crippen molar-refractivity contribution in [3.05, 3.63) is 34.9 Å². The number of nitrogens with one attached hydrogen (secondary N) is 3. The van der Waals surface area contributed by atoms with Crippen LogP contribution in [-0.4, -0.2) is 38.0 Å². The number of guanidine groups is 1. The van der Waals surface area contributed by atoms with Crippen LogP contribution in [-0.2, 0) is 10.2 Å². The third-order valence-electron chi connectivity index (χ3n) is 3.98. The fraction of sp³-hybridized carbons (Fsp3) is 0.529. The second kappa shape index (κ2) is 10.1. The maximum Gasteiger partial charge on any atom is 0.241 e. The highest BCUT2D eigenvalue weighted by atomic mass is 127. The number of nitrogens with zero attached hydrogens (tertiary/aromatic N) is 1. The molecule has 3 N–H and O–H groups in total. The monoisotopic (exact) mass is 464 g/mol. The second-order valence-corrected chi connectivity index (χ2v) is 6.23. The number of benzene rings is 1. The lowest BCUT2D eigenvalue weighted by Gasteiger charge is -2.19. The number of hydrogen-bond donors (Lipinski definition) is 3. The average Bonchev–Trinajstić information content (AvgIpc) is 3.32. The van der Waals surface area contributed by atoms with Gasteiger partial charge in [-0.1, -0.05) is 23.7 Å². The van der Waals surface area contributed by atoms with Gasteiger partial charge in [-0.25, -0.2) is 4.99 Å². The molecular weight excluding hydrogens is 439 g/mol. The molecule has 2 rings (SSSR count). The van der Waals surface area contributed by atoms with E-state index in [9.17, 15) is 4.79 Å². The Morgan fingerprint density at radius 1 is 1.21 bits per heavy atom. The van der Waals surface area contributed by atoms with E-state index in [4.69, 9.17) is 11.6 Å².